The van der Waals surface area contributed by atoms with Gasteiger partial charge in [-0.2, -0.15) is 0 Å². The van der Waals surface area contributed by atoms with Crippen LogP contribution in [0, 0.1) is 10.7 Å². The summed E-state index contributed by atoms with van der Waals surface area (Å²) in [5.74, 6) is 3.07. The predicted molar refractivity (Wildman–Crippen MR) is 123 cm³/mol. The van der Waals surface area contributed by atoms with Crippen LogP contribution >= 0.6 is 0 Å². The van der Waals surface area contributed by atoms with Crippen LogP contribution in [0.1, 0.15) is 37.3 Å². The number of fused-ring (bicyclic) bond motifs is 1. The van der Waals surface area contributed by atoms with Crippen molar-refractivity contribution in [3.8, 4) is 11.5 Å². The Labute approximate surface area is 189 Å². The van der Waals surface area contributed by atoms with Gasteiger partial charge in [-0.25, -0.2) is 19.0 Å². The number of rotatable bonds is 5. The quantitative estimate of drug-likeness (QED) is 0.736. The first-order valence-corrected chi connectivity index (χ1v) is 13.4. The summed E-state index contributed by atoms with van der Waals surface area (Å²) >= 11 is 0. The lowest BCUT2D eigenvalue weighted by Crippen LogP contribution is -2.39. The Bertz CT molecular complexity index is 1050. The lowest BCUT2D eigenvalue weighted by Gasteiger charge is -2.35. The van der Waals surface area contributed by atoms with Gasteiger partial charge in [0.05, 0.1) is 14.6 Å². The highest BCUT2D eigenvalue weighted by molar-refractivity contribution is 7.91. The van der Waals surface area contributed by atoms with Crippen molar-refractivity contribution < 1.29 is 13.7 Å². The van der Waals surface area contributed by atoms with Crippen LogP contribution in [0.2, 0.25) is 0 Å². The molecule has 3 aliphatic rings. The lowest BCUT2D eigenvalue weighted by molar-refractivity contribution is 0.169. The molecule has 0 saturated carbocycles. The largest absolute Gasteiger partial charge is 0.486 e. The molecule has 0 radical (unpaired) electrons. The third-order valence-electron chi connectivity index (χ3n) is 6.77. The molecule has 4 heterocycles. The summed E-state index contributed by atoms with van der Waals surface area (Å²) in [6.45, 7) is 5.36. The summed E-state index contributed by atoms with van der Waals surface area (Å²) in [5, 5.41) is 0. The molecule has 0 unspecified atom stereocenters. The van der Waals surface area contributed by atoms with Gasteiger partial charge >= 0.3 is 0 Å². The average Bonchev–Trinajstić information content (AvgIpc) is 3.27. The third-order valence-corrected chi connectivity index (χ3v) is 7.88. The molecular weight excluding hydrogens is 426 g/mol. The maximum atomic E-state index is 11.8. The standard InChI is InChI=1S/C23H31N5O3S/c1-32(24,29)19-14-25-23(26-15-19)27-9-6-17(7-10-27)16-28-8-2-3-20(28)18-4-5-21-22(13-18)31-12-11-30-21/h4-5,13-15,17,20,24H,2-3,6-12,16H2,1H3/t20-,32-/m0/s1. The highest BCUT2D eigenvalue weighted by Crippen LogP contribution is 2.39. The molecule has 32 heavy (non-hydrogen) atoms. The summed E-state index contributed by atoms with van der Waals surface area (Å²) in [7, 11) is -2.77. The second-order valence-corrected chi connectivity index (χ2v) is 11.2. The maximum absolute atomic E-state index is 11.8. The SMILES string of the molecule is C[S@](=N)(=O)c1cnc(N2CCC(CN3CCC[C@H]3c3ccc4c(c3)OCCO4)CC2)nc1. The molecule has 2 aromatic rings. The van der Waals surface area contributed by atoms with Crippen LogP contribution < -0.4 is 14.4 Å². The number of ether oxygens (including phenoxy) is 2. The first-order chi connectivity index (χ1) is 15.5. The van der Waals surface area contributed by atoms with Crippen LogP contribution in [-0.4, -0.2) is 64.7 Å². The molecule has 0 spiro atoms. The third kappa shape index (κ3) is 4.54. The van der Waals surface area contributed by atoms with Crippen LogP contribution in [0.4, 0.5) is 5.95 Å². The van der Waals surface area contributed by atoms with E-state index in [2.05, 4.69) is 38.0 Å². The van der Waals surface area contributed by atoms with Crippen molar-refractivity contribution in [3.63, 3.8) is 0 Å². The van der Waals surface area contributed by atoms with Gasteiger partial charge in [0.2, 0.25) is 5.95 Å². The summed E-state index contributed by atoms with van der Waals surface area (Å²) in [6.07, 6.45) is 9.10. The minimum atomic E-state index is -2.77. The zero-order valence-corrected chi connectivity index (χ0v) is 19.4. The lowest BCUT2D eigenvalue weighted by atomic mass is 9.95. The molecule has 2 saturated heterocycles. The Balaban J connectivity index is 1.18. The van der Waals surface area contributed by atoms with Crippen LogP contribution in [0.15, 0.2) is 35.5 Å². The van der Waals surface area contributed by atoms with Gasteiger partial charge in [-0.05, 0) is 55.8 Å². The molecule has 1 N–H and O–H groups in total. The second kappa shape index (κ2) is 8.86. The van der Waals surface area contributed by atoms with Crippen molar-refractivity contribution in [3.05, 3.63) is 36.2 Å². The van der Waals surface area contributed by atoms with E-state index in [-0.39, 0.29) is 0 Å². The van der Waals surface area contributed by atoms with Crippen LogP contribution in [0.3, 0.4) is 0 Å². The molecule has 9 heteroatoms. The Hall–Kier alpha value is -2.39. The van der Waals surface area contributed by atoms with Crippen molar-refractivity contribution in [2.24, 2.45) is 5.92 Å². The number of likely N-dealkylation sites (tertiary alicyclic amines) is 1. The number of hydrogen-bond donors (Lipinski definition) is 1. The van der Waals surface area contributed by atoms with E-state index < -0.39 is 9.73 Å². The van der Waals surface area contributed by atoms with Gasteiger partial charge in [-0.3, -0.25) is 4.90 Å². The zero-order chi connectivity index (χ0) is 22.1. The first kappa shape index (κ1) is 21.5. The molecule has 1 aromatic carbocycles. The van der Waals surface area contributed by atoms with E-state index in [1.165, 1.54) is 37.1 Å². The molecule has 3 aliphatic heterocycles. The van der Waals surface area contributed by atoms with Gasteiger partial charge in [0.25, 0.3) is 0 Å². The smallest absolute Gasteiger partial charge is 0.225 e. The fourth-order valence-electron chi connectivity index (χ4n) is 5.01. The number of benzene rings is 1. The molecule has 2 fully saturated rings. The van der Waals surface area contributed by atoms with Gasteiger partial charge in [-0.15, -0.1) is 0 Å². The Morgan fingerprint density at radius 1 is 1.06 bits per heavy atom. The minimum Gasteiger partial charge on any atom is -0.486 e. The summed E-state index contributed by atoms with van der Waals surface area (Å²) in [4.78, 5) is 14.0. The van der Waals surface area contributed by atoms with E-state index in [0.717, 1.165) is 50.5 Å². The van der Waals surface area contributed by atoms with E-state index in [1.54, 1.807) is 0 Å². The van der Waals surface area contributed by atoms with Crippen LogP contribution in [0.25, 0.3) is 0 Å². The molecule has 2 atom stereocenters. The maximum Gasteiger partial charge on any atom is 0.225 e. The first-order valence-electron chi connectivity index (χ1n) is 11.4. The van der Waals surface area contributed by atoms with Gasteiger partial charge in [-0.1, -0.05) is 6.07 Å². The van der Waals surface area contributed by atoms with Crippen molar-refractivity contribution >= 4 is 15.7 Å². The zero-order valence-electron chi connectivity index (χ0n) is 18.5. The van der Waals surface area contributed by atoms with Gasteiger partial charge in [0.15, 0.2) is 11.5 Å². The molecule has 0 bridgehead atoms. The summed E-state index contributed by atoms with van der Waals surface area (Å²) < 4.78 is 31.0. The fourth-order valence-corrected chi connectivity index (χ4v) is 5.52. The number of nitrogens with zero attached hydrogens (tertiary/aromatic N) is 4. The van der Waals surface area contributed by atoms with Crippen molar-refractivity contribution in [1.82, 2.24) is 14.9 Å². The molecule has 172 valence electrons. The molecule has 1 aromatic heterocycles. The number of nitrogens with one attached hydrogen (secondary N) is 1. The van der Waals surface area contributed by atoms with E-state index in [9.17, 15) is 4.21 Å². The fraction of sp³-hybridized carbons (Fsp3) is 0.565. The van der Waals surface area contributed by atoms with Crippen molar-refractivity contribution in [1.29, 1.82) is 4.78 Å². The van der Waals surface area contributed by atoms with E-state index in [4.69, 9.17) is 14.3 Å². The highest BCUT2D eigenvalue weighted by atomic mass is 32.2. The van der Waals surface area contributed by atoms with Crippen LogP contribution in [-0.2, 0) is 9.73 Å². The molecule has 5 rings (SSSR count). The topological polar surface area (TPSA) is 91.6 Å². The number of aromatic nitrogens is 2. The van der Waals surface area contributed by atoms with Gasteiger partial charge in [0, 0.05) is 44.3 Å². The monoisotopic (exact) mass is 457 g/mol. The molecular formula is C23H31N5O3S. The molecule has 0 amide bonds. The normalized spacial score (nSPS) is 23.8. The highest BCUT2D eigenvalue weighted by Gasteiger charge is 2.31. The van der Waals surface area contributed by atoms with Gasteiger partial charge in [0.1, 0.15) is 13.2 Å². The van der Waals surface area contributed by atoms with Crippen molar-refractivity contribution in [2.45, 2.75) is 36.6 Å². The summed E-state index contributed by atoms with van der Waals surface area (Å²) in [5.41, 5.74) is 1.33. The second-order valence-electron chi connectivity index (χ2n) is 9.05. The molecule has 8 nitrogen and oxygen atoms in total. The Morgan fingerprint density at radius 2 is 1.78 bits per heavy atom. The van der Waals surface area contributed by atoms with Crippen molar-refractivity contribution in [2.75, 3.05) is 50.5 Å². The Kier molecular flexibility index (Phi) is 5.94. The molecule has 0 aliphatic carbocycles. The number of piperidine rings is 1. The predicted octanol–water partition coefficient (Wildman–Crippen LogP) is 3.34. The number of anilines is 1. The van der Waals surface area contributed by atoms with E-state index in [1.807, 2.05) is 0 Å². The van der Waals surface area contributed by atoms with Gasteiger partial charge < -0.3 is 14.4 Å². The Morgan fingerprint density at radius 3 is 2.50 bits per heavy atom. The summed E-state index contributed by atoms with van der Waals surface area (Å²) in [6, 6.07) is 6.88. The van der Waals surface area contributed by atoms with E-state index >= 15 is 0 Å². The van der Waals surface area contributed by atoms with E-state index in [0.29, 0.717) is 36.0 Å². The number of hydrogen-bond acceptors (Lipinski definition) is 8. The average molecular weight is 458 g/mol. The van der Waals surface area contributed by atoms with Crippen LogP contribution in [0.5, 0.6) is 11.5 Å². The minimum absolute atomic E-state index is 0.385.